The minimum Gasteiger partial charge on any atom is -0.368 e. The first-order valence-electron chi connectivity index (χ1n) is 9.29. The van der Waals surface area contributed by atoms with E-state index in [1.807, 2.05) is 49.6 Å². The summed E-state index contributed by atoms with van der Waals surface area (Å²) in [6.45, 7) is 6.88. The number of imide groups is 1. The van der Waals surface area contributed by atoms with Crippen LogP contribution < -0.4 is 4.90 Å². The number of nitrogens with zero attached hydrogens (tertiary/aromatic N) is 3. The molecule has 0 unspecified atom stereocenters. The highest BCUT2D eigenvalue weighted by molar-refractivity contribution is 7.11. The summed E-state index contributed by atoms with van der Waals surface area (Å²) in [6.07, 6.45) is 0. The number of hydrogen-bond acceptors (Lipinski definition) is 5. The van der Waals surface area contributed by atoms with Crippen molar-refractivity contribution in [3.05, 3.63) is 58.4 Å². The molecule has 0 bridgehead atoms. The molecule has 6 heteroatoms. The van der Waals surface area contributed by atoms with Crippen molar-refractivity contribution in [1.29, 1.82) is 0 Å². The lowest BCUT2D eigenvalue weighted by Gasteiger charge is -2.37. The topological polar surface area (TPSA) is 43.9 Å². The molecule has 5 nitrogen and oxygen atoms in total. The third kappa shape index (κ3) is 3.14. The van der Waals surface area contributed by atoms with E-state index < -0.39 is 0 Å². The Morgan fingerprint density at radius 1 is 0.852 bits per heavy atom. The van der Waals surface area contributed by atoms with E-state index in [1.165, 1.54) is 21.9 Å². The number of thiophene rings is 1. The Balaban J connectivity index is 1.62. The average Bonchev–Trinajstić information content (AvgIpc) is 3.28. The minimum absolute atomic E-state index is 0.150. The Bertz CT molecular complexity index is 866. The van der Waals surface area contributed by atoms with Gasteiger partial charge in [0.15, 0.2) is 0 Å². The number of carbonyl (C=O) groups excluding carboxylic acids is 2. The van der Waals surface area contributed by atoms with Gasteiger partial charge in [0.2, 0.25) is 0 Å². The zero-order chi connectivity index (χ0) is 19.0. The van der Waals surface area contributed by atoms with Crippen LogP contribution in [0.2, 0.25) is 0 Å². The molecule has 0 saturated carbocycles. The minimum atomic E-state index is -0.169. The van der Waals surface area contributed by atoms with Crippen LogP contribution in [-0.4, -0.2) is 53.8 Å². The smallest absolute Gasteiger partial charge is 0.278 e. The predicted octanol–water partition coefficient (Wildman–Crippen LogP) is 3.06. The van der Waals surface area contributed by atoms with Crippen LogP contribution in [0, 0.1) is 0 Å². The molecule has 2 aliphatic heterocycles. The molecule has 140 valence electrons. The fourth-order valence-electron chi connectivity index (χ4n) is 3.77. The van der Waals surface area contributed by atoms with Crippen LogP contribution in [-0.2, 0) is 9.59 Å². The van der Waals surface area contributed by atoms with Gasteiger partial charge in [-0.2, -0.15) is 0 Å². The molecule has 0 spiro atoms. The van der Waals surface area contributed by atoms with Crippen molar-refractivity contribution >= 4 is 34.4 Å². The van der Waals surface area contributed by atoms with Gasteiger partial charge in [0, 0.05) is 42.8 Å². The van der Waals surface area contributed by atoms with Crippen LogP contribution >= 0.6 is 11.3 Å². The maximum absolute atomic E-state index is 13.1. The van der Waals surface area contributed by atoms with Gasteiger partial charge in [0.05, 0.1) is 5.57 Å². The Labute approximate surface area is 163 Å². The van der Waals surface area contributed by atoms with E-state index in [0.29, 0.717) is 11.3 Å². The highest BCUT2D eigenvalue weighted by Crippen LogP contribution is 2.35. The summed E-state index contributed by atoms with van der Waals surface area (Å²) in [5.41, 5.74) is 2.34. The van der Waals surface area contributed by atoms with Crippen LogP contribution in [0.4, 0.5) is 5.69 Å². The van der Waals surface area contributed by atoms with Crippen molar-refractivity contribution in [2.75, 3.05) is 31.1 Å². The van der Waals surface area contributed by atoms with Crippen LogP contribution in [0.1, 0.15) is 18.7 Å². The van der Waals surface area contributed by atoms with Crippen molar-refractivity contribution in [3.8, 4) is 0 Å². The average molecular weight is 382 g/mol. The summed E-state index contributed by atoms with van der Waals surface area (Å²) in [7, 11) is 0. The standard InChI is InChI=1S/C21H23N3O2S/c1-15(2)24-20(25)18(17-9-6-14-27-17)19(21(24)26)23-12-10-22(11-13-23)16-7-4-3-5-8-16/h3-9,14-15H,10-13H2,1-2H3. The molecular weight excluding hydrogens is 358 g/mol. The van der Waals surface area contributed by atoms with Gasteiger partial charge in [-0.25, -0.2) is 0 Å². The summed E-state index contributed by atoms with van der Waals surface area (Å²) < 4.78 is 0. The maximum Gasteiger partial charge on any atom is 0.278 e. The van der Waals surface area contributed by atoms with Gasteiger partial charge in [-0.05, 0) is 37.4 Å². The van der Waals surface area contributed by atoms with Crippen molar-refractivity contribution in [3.63, 3.8) is 0 Å². The Morgan fingerprint density at radius 3 is 2.11 bits per heavy atom. The lowest BCUT2D eigenvalue weighted by atomic mass is 10.1. The van der Waals surface area contributed by atoms with E-state index in [-0.39, 0.29) is 17.9 Å². The largest absolute Gasteiger partial charge is 0.368 e. The van der Waals surface area contributed by atoms with Gasteiger partial charge < -0.3 is 9.80 Å². The molecule has 2 aliphatic rings. The fourth-order valence-corrected chi connectivity index (χ4v) is 4.53. The van der Waals surface area contributed by atoms with Gasteiger partial charge in [0.1, 0.15) is 5.70 Å². The Hall–Kier alpha value is -2.60. The van der Waals surface area contributed by atoms with Gasteiger partial charge in [-0.1, -0.05) is 24.3 Å². The molecule has 1 aromatic carbocycles. The number of amides is 2. The number of benzene rings is 1. The molecule has 27 heavy (non-hydrogen) atoms. The summed E-state index contributed by atoms with van der Waals surface area (Å²) in [5.74, 6) is -0.329. The Morgan fingerprint density at radius 2 is 1.52 bits per heavy atom. The number of piperazine rings is 1. The van der Waals surface area contributed by atoms with E-state index in [4.69, 9.17) is 0 Å². The molecule has 3 heterocycles. The first-order valence-corrected chi connectivity index (χ1v) is 10.2. The molecule has 0 N–H and O–H groups in total. The molecule has 2 amide bonds. The molecule has 1 fully saturated rings. The van der Waals surface area contributed by atoms with Crippen LogP contribution in [0.25, 0.3) is 5.57 Å². The molecular formula is C21H23N3O2S. The number of hydrogen-bond donors (Lipinski definition) is 0. The number of rotatable bonds is 4. The lowest BCUT2D eigenvalue weighted by Crippen LogP contribution is -2.48. The number of anilines is 1. The van der Waals surface area contributed by atoms with Crippen LogP contribution in [0.5, 0.6) is 0 Å². The van der Waals surface area contributed by atoms with E-state index in [1.54, 1.807) is 0 Å². The second-order valence-electron chi connectivity index (χ2n) is 7.08. The second kappa shape index (κ2) is 7.19. The van der Waals surface area contributed by atoms with Crippen molar-refractivity contribution in [1.82, 2.24) is 9.80 Å². The van der Waals surface area contributed by atoms with Gasteiger partial charge in [-0.3, -0.25) is 14.5 Å². The highest BCUT2D eigenvalue weighted by atomic mass is 32.1. The first-order chi connectivity index (χ1) is 13.1. The van der Waals surface area contributed by atoms with Crippen LogP contribution in [0.15, 0.2) is 53.5 Å². The molecule has 0 atom stereocenters. The van der Waals surface area contributed by atoms with Crippen LogP contribution in [0.3, 0.4) is 0 Å². The summed E-state index contributed by atoms with van der Waals surface area (Å²) in [5, 5.41) is 1.95. The quantitative estimate of drug-likeness (QED) is 0.764. The first kappa shape index (κ1) is 17.8. The predicted molar refractivity (Wildman–Crippen MR) is 108 cm³/mol. The zero-order valence-corrected chi connectivity index (χ0v) is 16.4. The maximum atomic E-state index is 13.1. The SMILES string of the molecule is CC(C)N1C(=O)C(c2cccs2)=C(N2CCN(c3ccccc3)CC2)C1=O. The van der Waals surface area contributed by atoms with Gasteiger partial charge in [-0.15, -0.1) is 11.3 Å². The van der Waals surface area contributed by atoms with Crippen molar-refractivity contribution in [2.45, 2.75) is 19.9 Å². The normalized spacial score (nSPS) is 18.3. The van der Waals surface area contributed by atoms with Crippen molar-refractivity contribution in [2.24, 2.45) is 0 Å². The molecule has 0 radical (unpaired) electrons. The number of carbonyl (C=O) groups is 2. The summed E-state index contributed by atoms with van der Waals surface area (Å²) in [6, 6.07) is 14.0. The van der Waals surface area contributed by atoms with Gasteiger partial charge >= 0.3 is 0 Å². The van der Waals surface area contributed by atoms with Gasteiger partial charge in [0.25, 0.3) is 11.8 Å². The van der Waals surface area contributed by atoms with E-state index in [9.17, 15) is 9.59 Å². The molecule has 1 saturated heterocycles. The van der Waals surface area contributed by atoms with E-state index >= 15 is 0 Å². The lowest BCUT2D eigenvalue weighted by molar-refractivity contribution is -0.139. The Kier molecular flexibility index (Phi) is 4.74. The number of para-hydroxylation sites is 1. The second-order valence-corrected chi connectivity index (χ2v) is 8.03. The molecule has 4 rings (SSSR count). The molecule has 2 aromatic rings. The van der Waals surface area contributed by atoms with Crippen molar-refractivity contribution < 1.29 is 9.59 Å². The monoisotopic (exact) mass is 381 g/mol. The molecule has 0 aliphatic carbocycles. The van der Waals surface area contributed by atoms with E-state index in [0.717, 1.165) is 31.1 Å². The summed E-state index contributed by atoms with van der Waals surface area (Å²) in [4.78, 5) is 32.8. The highest BCUT2D eigenvalue weighted by Gasteiger charge is 2.43. The molecule has 1 aromatic heterocycles. The zero-order valence-electron chi connectivity index (χ0n) is 15.6. The third-order valence-corrected chi connectivity index (χ3v) is 5.98. The summed E-state index contributed by atoms with van der Waals surface area (Å²) >= 11 is 1.51. The fraction of sp³-hybridized carbons (Fsp3) is 0.333. The third-order valence-electron chi connectivity index (χ3n) is 5.09. The van der Waals surface area contributed by atoms with E-state index in [2.05, 4.69) is 21.9 Å².